The van der Waals surface area contributed by atoms with Crippen LogP contribution in [0.2, 0.25) is 0 Å². The maximum Gasteiger partial charge on any atom is 0.274 e. The van der Waals surface area contributed by atoms with Gasteiger partial charge in [-0.1, -0.05) is 18.2 Å². The molecule has 8 nitrogen and oxygen atoms in total. The van der Waals surface area contributed by atoms with Crippen LogP contribution < -0.4 is 5.32 Å². The highest BCUT2D eigenvalue weighted by Crippen LogP contribution is 2.20. The van der Waals surface area contributed by atoms with Gasteiger partial charge < -0.3 is 10.2 Å². The first-order valence-electron chi connectivity index (χ1n) is 9.18. The number of carbonyl (C=O) groups is 1. The van der Waals surface area contributed by atoms with Crippen molar-refractivity contribution in [1.82, 2.24) is 24.7 Å². The Labute approximate surface area is 158 Å². The van der Waals surface area contributed by atoms with Gasteiger partial charge in [0.2, 0.25) is 10.0 Å². The molecule has 1 fully saturated rings. The fraction of sp³-hybridized carbons (Fsp3) is 0.444. The maximum absolute atomic E-state index is 13.0. The summed E-state index contributed by atoms with van der Waals surface area (Å²) < 4.78 is 27.1. The van der Waals surface area contributed by atoms with E-state index in [0.29, 0.717) is 38.3 Å². The maximum atomic E-state index is 13.0. The summed E-state index contributed by atoms with van der Waals surface area (Å²) >= 11 is 0. The van der Waals surface area contributed by atoms with Gasteiger partial charge in [-0.3, -0.25) is 9.89 Å². The summed E-state index contributed by atoms with van der Waals surface area (Å²) in [6.45, 7) is 3.08. The van der Waals surface area contributed by atoms with E-state index in [1.165, 1.54) is 4.31 Å². The minimum Gasteiger partial charge on any atom is -0.336 e. The van der Waals surface area contributed by atoms with Crippen molar-refractivity contribution in [3.05, 3.63) is 47.3 Å². The molecule has 1 aromatic carbocycles. The lowest BCUT2D eigenvalue weighted by Crippen LogP contribution is -2.38. The highest BCUT2D eigenvalue weighted by atomic mass is 32.2. The lowest BCUT2D eigenvalue weighted by molar-refractivity contribution is 0.0757. The monoisotopic (exact) mass is 389 g/mol. The van der Waals surface area contributed by atoms with Gasteiger partial charge in [0.25, 0.3) is 5.91 Å². The van der Waals surface area contributed by atoms with Crippen LogP contribution in [0.1, 0.15) is 28.2 Å². The Morgan fingerprint density at radius 2 is 1.89 bits per heavy atom. The number of carbonyl (C=O) groups excluding carboxylic acids is 1. The minimum atomic E-state index is -3.54. The Balaban J connectivity index is 1.49. The normalized spacial score (nSPS) is 18.7. The second kappa shape index (κ2) is 7.41. The van der Waals surface area contributed by atoms with Crippen molar-refractivity contribution in [1.29, 1.82) is 0 Å². The second-order valence-electron chi connectivity index (χ2n) is 6.82. The SMILES string of the molecule is O=C(c1n[nH]c2c1CNCC2)N1CCCN(S(=O)(=O)c2ccccc2)CC1. The number of hydrogen-bond acceptors (Lipinski definition) is 5. The fourth-order valence-corrected chi connectivity index (χ4v) is 5.12. The molecule has 0 unspecified atom stereocenters. The Morgan fingerprint density at radius 1 is 1.07 bits per heavy atom. The van der Waals surface area contributed by atoms with Crippen molar-refractivity contribution in [2.24, 2.45) is 0 Å². The van der Waals surface area contributed by atoms with Crippen LogP contribution >= 0.6 is 0 Å². The van der Waals surface area contributed by atoms with Crippen LogP contribution in [0.15, 0.2) is 35.2 Å². The molecule has 0 atom stereocenters. The molecule has 144 valence electrons. The molecule has 1 aromatic heterocycles. The zero-order valence-corrected chi connectivity index (χ0v) is 15.8. The highest BCUT2D eigenvalue weighted by Gasteiger charge is 2.30. The third-order valence-corrected chi connectivity index (χ3v) is 7.04. The highest BCUT2D eigenvalue weighted by molar-refractivity contribution is 7.89. The van der Waals surface area contributed by atoms with E-state index < -0.39 is 10.0 Å². The molecule has 3 heterocycles. The molecule has 2 aromatic rings. The van der Waals surface area contributed by atoms with Gasteiger partial charge in [0.05, 0.1) is 4.90 Å². The van der Waals surface area contributed by atoms with Crippen molar-refractivity contribution in [2.75, 3.05) is 32.7 Å². The number of hydrogen-bond donors (Lipinski definition) is 2. The molecule has 0 radical (unpaired) electrons. The number of rotatable bonds is 3. The van der Waals surface area contributed by atoms with Crippen molar-refractivity contribution in [3.8, 4) is 0 Å². The molecule has 0 aliphatic carbocycles. The van der Waals surface area contributed by atoms with E-state index in [9.17, 15) is 13.2 Å². The fourth-order valence-electron chi connectivity index (χ4n) is 3.63. The van der Waals surface area contributed by atoms with E-state index in [1.807, 2.05) is 0 Å². The molecule has 9 heteroatoms. The van der Waals surface area contributed by atoms with Crippen LogP contribution in [0.3, 0.4) is 0 Å². The molecule has 2 aliphatic heterocycles. The van der Waals surface area contributed by atoms with Crippen LogP contribution in [0.5, 0.6) is 0 Å². The second-order valence-corrected chi connectivity index (χ2v) is 8.76. The Bertz CT molecular complexity index is 926. The van der Waals surface area contributed by atoms with Gasteiger partial charge in [0.1, 0.15) is 0 Å². The lowest BCUT2D eigenvalue weighted by atomic mass is 10.1. The number of benzene rings is 1. The number of nitrogens with one attached hydrogen (secondary N) is 2. The third kappa shape index (κ3) is 3.50. The van der Waals surface area contributed by atoms with Gasteiger partial charge in [-0.25, -0.2) is 8.42 Å². The summed E-state index contributed by atoms with van der Waals surface area (Å²) in [4.78, 5) is 15.0. The largest absolute Gasteiger partial charge is 0.336 e. The summed E-state index contributed by atoms with van der Waals surface area (Å²) in [5.74, 6) is -0.129. The average molecular weight is 389 g/mol. The van der Waals surface area contributed by atoms with Crippen molar-refractivity contribution >= 4 is 15.9 Å². The smallest absolute Gasteiger partial charge is 0.274 e. The predicted octanol–water partition coefficient (Wildman–Crippen LogP) is 0.592. The first-order chi connectivity index (χ1) is 13.1. The van der Waals surface area contributed by atoms with E-state index in [0.717, 1.165) is 24.2 Å². The van der Waals surface area contributed by atoms with Crippen LogP contribution in [0, 0.1) is 0 Å². The third-order valence-electron chi connectivity index (χ3n) is 5.13. The van der Waals surface area contributed by atoms with Crippen LogP contribution in [0.25, 0.3) is 0 Å². The quantitative estimate of drug-likeness (QED) is 0.801. The molecule has 1 saturated heterocycles. The van der Waals surface area contributed by atoms with Crippen LogP contribution in [-0.2, 0) is 23.0 Å². The van der Waals surface area contributed by atoms with E-state index in [2.05, 4.69) is 15.5 Å². The van der Waals surface area contributed by atoms with Crippen molar-refractivity contribution < 1.29 is 13.2 Å². The molecular weight excluding hydrogens is 366 g/mol. The summed E-state index contributed by atoms with van der Waals surface area (Å²) in [5.41, 5.74) is 2.40. The number of aromatic nitrogens is 2. The Morgan fingerprint density at radius 3 is 2.70 bits per heavy atom. The van der Waals surface area contributed by atoms with Crippen LogP contribution in [0.4, 0.5) is 0 Å². The number of H-pyrrole nitrogens is 1. The summed E-state index contributed by atoms with van der Waals surface area (Å²) in [5, 5.41) is 10.5. The Kier molecular flexibility index (Phi) is 4.98. The molecule has 0 spiro atoms. The van der Waals surface area contributed by atoms with E-state index in [1.54, 1.807) is 35.2 Å². The molecule has 2 aliphatic rings. The van der Waals surface area contributed by atoms with Crippen molar-refractivity contribution in [3.63, 3.8) is 0 Å². The first kappa shape index (κ1) is 18.1. The predicted molar refractivity (Wildman–Crippen MR) is 99.7 cm³/mol. The summed E-state index contributed by atoms with van der Waals surface area (Å²) in [6.07, 6.45) is 1.43. The minimum absolute atomic E-state index is 0.129. The zero-order chi connectivity index (χ0) is 18.9. The lowest BCUT2D eigenvalue weighted by Gasteiger charge is -2.22. The standard InChI is InChI=1S/C18H23N5O3S/c24-18(17-15-13-19-8-7-16(15)20-21-17)22-9-4-10-23(12-11-22)27(25,26)14-5-2-1-3-6-14/h1-3,5-6,19H,4,7-13H2,(H,20,21). The van der Waals surface area contributed by atoms with Gasteiger partial charge >= 0.3 is 0 Å². The number of nitrogens with zero attached hydrogens (tertiary/aromatic N) is 3. The molecule has 0 bridgehead atoms. The van der Waals surface area contributed by atoms with E-state index >= 15 is 0 Å². The van der Waals surface area contributed by atoms with Gasteiger partial charge in [-0.05, 0) is 18.6 Å². The first-order valence-corrected chi connectivity index (χ1v) is 10.6. The summed E-state index contributed by atoms with van der Waals surface area (Å²) in [7, 11) is -3.54. The van der Waals surface area contributed by atoms with E-state index in [-0.39, 0.29) is 17.3 Å². The Hall–Kier alpha value is -2.23. The number of amides is 1. The van der Waals surface area contributed by atoms with Gasteiger partial charge in [0, 0.05) is 56.9 Å². The van der Waals surface area contributed by atoms with Gasteiger partial charge in [0.15, 0.2) is 5.69 Å². The average Bonchev–Trinajstić information content (AvgIpc) is 2.96. The number of sulfonamides is 1. The molecule has 2 N–H and O–H groups in total. The van der Waals surface area contributed by atoms with Gasteiger partial charge in [-0.2, -0.15) is 9.40 Å². The topological polar surface area (TPSA) is 98.4 Å². The molecule has 0 saturated carbocycles. The number of aromatic amines is 1. The summed E-state index contributed by atoms with van der Waals surface area (Å²) in [6, 6.07) is 8.43. The zero-order valence-electron chi connectivity index (χ0n) is 15.0. The van der Waals surface area contributed by atoms with Gasteiger partial charge in [-0.15, -0.1) is 0 Å². The van der Waals surface area contributed by atoms with Crippen molar-refractivity contribution in [2.45, 2.75) is 24.3 Å². The molecule has 4 rings (SSSR count). The molecular formula is C18H23N5O3S. The number of fused-ring (bicyclic) bond motifs is 1. The molecule has 27 heavy (non-hydrogen) atoms. The van der Waals surface area contributed by atoms with E-state index in [4.69, 9.17) is 0 Å². The molecule has 1 amide bonds. The van der Waals surface area contributed by atoms with Crippen LogP contribution in [-0.4, -0.2) is 66.5 Å².